The van der Waals surface area contributed by atoms with Crippen LogP contribution in [0.1, 0.15) is 38.5 Å². The van der Waals surface area contributed by atoms with Crippen molar-refractivity contribution >= 4 is 57.1 Å². The van der Waals surface area contributed by atoms with E-state index < -0.39 is 0 Å². The van der Waals surface area contributed by atoms with Crippen molar-refractivity contribution in [2.75, 3.05) is 22.1 Å². The number of alkyl halides is 2. The molecule has 0 aromatic heterocycles. The molecule has 0 aliphatic heterocycles. The standard InChI is InChI=1S/C12H20I2O4/c13-9-11(15)17-7-5-3-1-2-4-6-8-18-12(16)10-14/h1-10H2. The van der Waals surface area contributed by atoms with E-state index >= 15 is 0 Å². The first kappa shape index (κ1) is 18.4. The first-order chi connectivity index (χ1) is 8.70. The molecule has 6 heteroatoms. The van der Waals surface area contributed by atoms with Crippen LogP contribution in [-0.4, -0.2) is 34.0 Å². The molecule has 0 saturated carbocycles. The molecule has 0 aliphatic rings. The van der Waals surface area contributed by atoms with Crippen LogP contribution in [0.5, 0.6) is 0 Å². The third kappa shape index (κ3) is 12.8. The van der Waals surface area contributed by atoms with Gasteiger partial charge < -0.3 is 9.47 Å². The Hall–Kier alpha value is 0.400. The van der Waals surface area contributed by atoms with Crippen molar-refractivity contribution in [1.29, 1.82) is 0 Å². The molecule has 0 bridgehead atoms. The van der Waals surface area contributed by atoms with Crippen molar-refractivity contribution < 1.29 is 19.1 Å². The SMILES string of the molecule is O=C(CI)OCCCCCCCCOC(=O)CI. The summed E-state index contributed by atoms with van der Waals surface area (Å²) in [5, 5.41) is 0. The fraction of sp³-hybridized carbons (Fsp3) is 0.833. The maximum absolute atomic E-state index is 10.8. The van der Waals surface area contributed by atoms with Gasteiger partial charge in [0.15, 0.2) is 0 Å². The molecular formula is C12H20I2O4. The highest BCUT2D eigenvalue weighted by atomic mass is 127. The maximum Gasteiger partial charge on any atom is 0.315 e. The molecule has 0 aromatic carbocycles. The molecule has 106 valence electrons. The normalized spacial score (nSPS) is 10.1. The summed E-state index contributed by atoms with van der Waals surface area (Å²) >= 11 is 3.99. The van der Waals surface area contributed by atoms with Gasteiger partial charge in [-0.05, 0) is 12.8 Å². The van der Waals surface area contributed by atoms with Gasteiger partial charge in [-0.2, -0.15) is 0 Å². The molecule has 4 nitrogen and oxygen atoms in total. The fourth-order valence-corrected chi connectivity index (χ4v) is 1.80. The van der Waals surface area contributed by atoms with E-state index in [-0.39, 0.29) is 11.9 Å². The van der Waals surface area contributed by atoms with Gasteiger partial charge in [-0.3, -0.25) is 9.59 Å². The van der Waals surface area contributed by atoms with Crippen LogP contribution in [0.2, 0.25) is 0 Å². The second-order valence-corrected chi connectivity index (χ2v) is 5.36. The smallest absolute Gasteiger partial charge is 0.315 e. The Morgan fingerprint density at radius 2 is 1.00 bits per heavy atom. The summed E-state index contributed by atoms with van der Waals surface area (Å²) in [7, 11) is 0. The number of hydrogen-bond donors (Lipinski definition) is 0. The predicted octanol–water partition coefficient (Wildman–Crippen LogP) is 3.28. The van der Waals surface area contributed by atoms with Gasteiger partial charge in [0.1, 0.15) is 0 Å². The first-order valence-corrected chi connectivity index (χ1v) is 9.19. The minimum atomic E-state index is -0.132. The Balaban J connectivity index is 3.07. The van der Waals surface area contributed by atoms with Crippen LogP contribution in [0.15, 0.2) is 0 Å². The predicted molar refractivity (Wildman–Crippen MR) is 87.4 cm³/mol. The van der Waals surface area contributed by atoms with Gasteiger partial charge in [0, 0.05) is 0 Å². The van der Waals surface area contributed by atoms with Gasteiger partial charge in [0.2, 0.25) is 0 Å². The molecule has 0 amide bonds. The lowest BCUT2D eigenvalue weighted by Crippen LogP contribution is -2.06. The van der Waals surface area contributed by atoms with E-state index in [1.807, 2.05) is 45.2 Å². The van der Waals surface area contributed by atoms with Gasteiger partial charge in [-0.1, -0.05) is 70.9 Å². The molecule has 0 heterocycles. The summed E-state index contributed by atoms with van der Waals surface area (Å²) in [6.07, 6.45) is 6.33. The second-order valence-electron chi connectivity index (χ2n) is 3.83. The van der Waals surface area contributed by atoms with E-state index in [1.165, 1.54) is 0 Å². The van der Waals surface area contributed by atoms with E-state index in [9.17, 15) is 9.59 Å². The van der Waals surface area contributed by atoms with Gasteiger partial charge in [-0.25, -0.2) is 0 Å². The quantitative estimate of drug-likeness (QED) is 0.197. The molecule has 0 fully saturated rings. The Morgan fingerprint density at radius 3 is 1.33 bits per heavy atom. The summed E-state index contributed by atoms with van der Waals surface area (Å²) in [5.74, 6) is -0.264. The average molecular weight is 482 g/mol. The van der Waals surface area contributed by atoms with Gasteiger partial charge in [0.25, 0.3) is 0 Å². The Morgan fingerprint density at radius 1 is 0.667 bits per heavy atom. The average Bonchev–Trinajstić information content (AvgIpc) is 2.40. The monoisotopic (exact) mass is 482 g/mol. The van der Waals surface area contributed by atoms with Crippen LogP contribution >= 0.6 is 45.2 Å². The minimum Gasteiger partial charge on any atom is -0.465 e. The van der Waals surface area contributed by atoms with Crippen LogP contribution in [0.4, 0.5) is 0 Å². The van der Waals surface area contributed by atoms with Crippen LogP contribution < -0.4 is 0 Å². The number of unbranched alkanes of at least 4 members (excludes halogenated alkanes) is 5. The van der Waals surface area contributed by atoms with Crippen LogP contribution in [0.3, 0.4) is 0 Å². The molecule has 0 spiro atoms. The molecule has 0 atom stereocenters. The van der Waals surface area contributed by atoms with E-state index in [4.69, 9.17) is 9.47 Å². The summed E-state index contributed by atoms with van der Waals surface area (Å²) < 4.78 is 10.8. The van der Waals surface area contributed by atoms with E-state index in [2.05, 4.69) is 0 Å². The zero-order valence-corrected chi connectivity index (χ0v) is 14.8. The van der Waals surface area contributed by atoms with Crippen LogP contribution in [0.25, 0.3) is 0 Å². The van der Waals surface area contributed by atoms with Gasteiger partial charge >= 0.3 is 11.9 Å². The largest absolute Gasteiger partial charge is 0.465 e. The topological polar surface area (TPSA) is 52.6 Å². The van der Waals surface area contributed by atoms with E-state index in [0.717, 1.165) is 38.5 Å². The molecule has 0 saturated heterocycles. The molecule has 18 heavy (non-hydrogen) atoms. The van der Waals surface area contributed by atoms with Crippen molar-refractivity contribution in [2.45, 2.75) is 38.5 Å². The van der Waals surface area contributed by atoms with E-state index in [1.54, 1.807) is 0 Å². The summed E-state index contributed by atoms with van der Waals surface area (Å²) in [6.45, 7) is 1.07. The zero-order chi connectivity index (χ0) is 13.6. The minimum absolute atomic E-state index is 0.132. The highest BCUT2D eigenvalue weighted by Gasteiger charge is 1.99. The van der Waals surface area contributed by atoms with Gasteiger partial charge in [0.05, 0.1) is 22.1 Å². The Bertz CT molecular complexity index is 210. The molecular weight excluding hydrogens is 462 g/mol. The lowest BCUT2D eigenvalue weighted by atomic mass is 10.1. The Labute approximate surface area is 136 Å². The fourth-order valence-electron chi connectivity index (χ4n) is 1.36. The second kappa shape index (κ2) is 13.8. The summed E-state index contributed by atoms with van der Waals surface area (Å²) in [4.78, 5) is 21.7. The summed E-state index contributed by atoms with van der Waals surface area (Å²) in [5.41, 5.74) is 0. The third-order valence-electron chi connectivity index (χ3n) is 2.28. The molecule has 0 N–H and O–H groups in total. The zero-order valence-electron chi connectivity index (χ0n) is 10.5. The number of carbonyl (C=O) groups is 2. The molecule has 0 unspecified atom stereocenters. The van der Waals surface area contributed by atoms with Gasteiger partial charge in [-0.15, -0.1) is 0 Å². The van der Waals surface area contributed by atoms with Crippen LogP contribution in [0, 0.1) is 0 Å². The van der Waals surface area contributed by atoms with Crippen molar-refractivity contribution in [2.24, 2.45) is 0 Å². The third-order valence-corrected chi connectivity index (χ3v) is 3.53. The van der Waals surface area contributed by atoms with Crippen LogP contribution in [-0.2, 0) is 19.1 Å². The maximum atomic E-state index is 10.8. The highest BCUT2D eigenvalue weighted by molar-refractivity contribution is 14.1. The molecule has 0 aliphatic carbocycles. The molecule has 0 radical (unpaired) electrons. The number of hydrogen-bond acceptors (Lipinski definition) is 4. The van der Waals surface area contributed by atoms with Crippen molar-refractivity contribution in [3.05, 3.63) is 0 Å². The number of ether oxygens (including phenoxy) is 2. The number of carbonyl (C=O) groups excluding carboxylic acids is 2. The van der Waals surface area contributed by atoms with Crippen molar-refractivity contribution in [3.63, 3.8) is 0 Å². The Kier molecular flexibility index (Phi) is 14.1. The first-order valence-electron chi connectivity index (χ1n) is 6.14. The lowest BCUT2D eigenvalue weighted by Gasteiger charge is -2.04. The van der Waals surface area contributed by atoms with Crippen molar-refractivity contribution in [1.82, 2.24) is 0 Å². The number of rotatable bonds is 11. The molecule has 0 aromatic rings. The van der Waals surface area contributed by atoms with Crippen molar-refractivity contribution in [3.8, 4) is 0 Å². The van der Waals surface area contributed by atoms with E-state index in [0.29, 0.717) is 22.1 Å². The highest BCUT2D eigenvalue weighted by Crippen LogP contribution is 2.06. The number of halogens is 2. The summed E-state index contributed by atoms with van der Waals surface area (Å²) in [6, 6.07) is 0. The lowest BCUT2D eigenvalue weighted by molar-refractivity contribution is -0.141. The molecule has 0 rings (SSSR count). The number of esters is 2.